The van der Waals surface area contributed by atoms with Gasteiger partial charge in [0.1, 0.15) is 5.75 Å². The van der Waals surface area contributed by atoms with Crippen LogP contribution >= 0.6 is 22.6 Å². The van der Waals surface area contributed by atoms with Crippen molar-refractivity contribution in [3.05, 3.63) is 51.6 Å². The summed E-state index contributed by atoms with van der Waals surface area (Å²) < 4.78 is 78.5. The molecule has 0 saturated carbocycles. The Hall–Kier alpha value is -1.45. The van der Waals surface area contributed by atoms with Crippen LogP contribution in [0.1, 0.15) is 5.56 Å². The minimum atomic E-state index is -4.81. The molecule has 0 unspecified atom stereocenters. The van der Waals surface area contributed by atoms with Gasteiger partial charge in [0.05, 0.1) is 5.56 Å². The Balaban J connectivity index is 2.34. The predicted molar refractivity (Wildman–Crippen MR) is 76.3 cm³/mol. The summed E-state index contributed by atoms with van der Waals surface area (Å²) >= 11 is 1.75. The molecular weight excluding hydrogens is 425 g/mol. The number of halogens is 7. The fraction of sp³-hybridized carbons (Fsp3) is 0.143. The molecule has 0 fully saturated rings. The topological polar surface area (TPSA) is 9.23 Å². The minimum Gasteiger partial charge on any atom is -0.406 e. The highest BCUT2D eigenvalue weighted by Crippen LogP contribution is 2.34. The molecule has 0 amide bonds. The molecule has 0 aliphatic heterocycles. The van der Waals surface area contributed by atoms with Crippen molar-refractivity contribution in [3.8, 4) is 16.9 Å². The van der Waals surface area contributed by atoms with Gasteiger partial charge in [0, 0.05) is 3.57 Å². The molecule has 0 aliphatic carbocycles. The maximum Gasteiger partial charge on any atom is 0.573 e. The van der Waals surface area contributed by atoms with Gasteiger partial charge in [0.2, 0.25) is 0 Å². The second kappa shape index (κ2) is 5.98. The molecule has 0 aliphatic rings. The van der Waals surface area contributed by atoms with Gasteiger partial charge in [-0.2, -0.15) is 13.2 Å². The Bertz CT molecular complexity index is 661. The Morgan fingerprint density at radius 2 is 1.36 bits per heavy atom. The van der Waals surface area contributed by atoms with Crippen LogP contribution in [0.15, 0.2) is 42.5 Å². The smallest absolute Gasteiger partial charge is 0.406 e. The van der Waals surface area contributed by atoms with Gasteiger partial charge in [0.25, 0.3) is 0 Å². The third kappa shape index (κ3) is 4.52. The van der Waals surface area contributed by atoms with Crippen LogP contribution in [0.5, 0.6) is 5.75 Å². The van der Waals surface area contributed by atoms with Gasteiger partial charge in [-0.1, -0.05) is 12.1 Å². The van der Waals surface area contributed by atoms with Crippen LogP contribution in [0.25, 0.3) is 11.1 Å². The van der Waals surface area contributed by atoms with Crippen LogP contribution in [0.2, 0.25) is 0 Å². The summed E-state index contributed by atoms with van der Waals surface area (Å²) in [4.78, 5) is 0. The van der Waals surface area contributed by atoms with E-state index in [4.69, 9.17) is 0 Å². The third-order valence-electron chi connectivity index (χ3n) is 2.65. The number of hydrogen-bond donors (Lipinski definition) is 0. The van der Waals surface area contributed by atoms with Crippen molar-refractivity contribution < 1.29 is 31.1 Å². The third-order valence-corrected chi connectivity index (χ3v) is 3.27. The Morgan fingerprint density at radius 1 is 0.773 bits per heavy atom. The second-order valence-corrected chi connectivity index (χ2v) is 5.54. The van der Waals surface area contributed by atoms with Crippen molar-refractivity contribution in [1.29, 1.82) is 0 Å². The molecule has 118 valence electrons. The van der Waals surface area contributed by atoms with E-state index >= 15 is 0 Å². The lowest BCUT2D eigenvalue weighted by molar-refractivity contribution is -0.274. The maximum absolute atomic E-state index is 12.8. The van der Waals surface area contributed by atoms with Crippen molar-refractivity contribution in [3.63, 3.8) is 0 Å². The molecule has 0 aromatic heterocycles. The molecule has 0 heterocycles. The van der Waals surface area contributed by atoms with Crippen LogP contribution in [-0.4, -0.2) is 6.36 Å². The van der Waals surface area contributed by atoms with E-state index < -0.39 is 23.9 Å². The zero-order valence-corrected chi connectivity index (χ0v) is 12.8. The first-order valence-electron chi connectivity index (χ1n) is 5.78. The normalized spacial score (nSPS) is 12.3. The molecule has 0 radical (unpaired) electrons. The monoisotopic (exact) mass is 432 g/mol. The van der Waals surface area contributed by atoms with Gasteiger partial charge >= 0.3 is 12.5 Å². The van der Waals surface area contributed by atoms with Gasteiger partial charge < -0.3 is 4.74 Å². The fourth-order valence-electron chi connectivity index (χ4n) is 1.77. The minimum absolute atomic E-state index is 0.262. The molecule has 2 aromatic rings. The van der Waals surface area contributed by atoms with Crippen LogP contribution in [-0.2, 0) is 6.18 Å². The fourth-order valence-corrected chi connectivity index (χ4v) is 2.44. The molecule has 22 heavy (non-hydrogen) atoms. The van der Waals surface area contributed by atoms with E-state index in [2.05, 4.69) is 4.74 Å². The standard InChI is InChI=1S/C14H7F6IO/c15-13(16,17)10-5-9(6-11(21)7-10)8-1-3-12(4-2-8)22-14(18,19)20/h1-7H. The van der Waals surface area contributed by atoms with Gasteiger partial charge in [-0.3, -0.25) is 0 Å². The van der Waals surface area contributed by atoms with E-state index in [9.17, 15) is 26.3 Å². The van der Waals surface area contributed by atoms with E-state index in [-0.39, 0.29) is 5.56 Å². The van der Waals surface area contributed by atoms with Crippen molar-refractivity contribution in [2.24, 2.45) is 0 Å². The highest BCUT2D eigenvalue weighted by atomic mass is 127. The quantitative estimate of drug-likeness (QED) is 0.426. The molecule has 0 spiro atoms. The van der Waals surface area contributed by atoms with Crippen molar-refractivity contribution >= 4 is 22.6 Å². The van der Waals surface area contributed by atoms with Crippen LogP contribution in [0, 0.1) is 3.57 Å². The molecule has 0 saturated heterocycles. The lowest BCUT2D eigenvalue weighted by Gasteiger charge is -2.12. The number of hydrogen-bond acceptors (Lipinski definition) is 1. The number of ether oxygens (including phenoxy) is 1. The summed E-state index contributed by atoms with van der Waals surface area (Å²) in [6.07, 6.45) is -9.30. The summed E-state index contributed by atoms with van der Waals surface area (Å²) in [6.45, 7) is 0. The lowest BCUT2D eigenvalue weighted by Crippen LogP contribution is -2.16. The molecule has 0 bridgehead atoms. The van der Waals surface area contributed by atoms with E-state index in [1.165, 1.54) is 18.2 Å². The van der Waals surface area contributed by atoms with Crippen molar-refractivity contribution in [2.75, 3.05) is 0 Å². The summed E-state index contributed by atoms with van der Waals surface area (Å²) in [5.74, 6) is -0.432. The first-order chi connectivity index (χ1) is 10.0. The van der Waals surface area contributed by atoms with Crippen molar-refractivity contribution in [2.45, 2.75) is 12.5 Å². The molecule has 2 rings (SSSR count). The van der Waals surface area contributed by atoms with E-state index in [1.807, 2.05) is 0 Å². The van der Waals surface area contributed by atoms with Gasteiger partial charge in [-0.05, 0) is 64.0 Å². The molecule has 8 heteroatoms. The summed E-state index contributed by atoms with van der Waals surface area (Å²) in [7, 11) is 0. The second-order valence-electron chi connectivity index (χ2n) is 4.30. The summed E-state index contributed by atoms with van der Waals surface area (Å²) in [5.41, 5.74) is -0.193. The highest BCUT2D eigenvalue weighted by Gasteiger charge is 2.32. The van der Waals surface area contributed by atoms with Crippen LogP contribution in [0.3, 0.4) is 0 Å². The van der Waals surface area contributed by atoms with Gasteiger partial charge in [-0.15, -0.1) is 13.2 Å². The molecular formula is C14H7F6IO. The molecule has 1 nitrogen and oxygen atoms in total. The number of benzene rings is 2. The molecule has 2 aromatic carbocycles. The number of rotatable bonds is 2. The summed E-state index contributed by atoms with van der Waals surface area (Å²) in [6, 6.07) is 8.09. The van der Waals surface area contributed by atoms with Crippen molar-refractivity contribution in [1.82, 2.24) is 0 Å². The largest absolute Gasteiger partial charge is 0.573 e. The maximum atomic E-state index is 12.8. The summed E-state index contributed by atoms with van der Waals surface area (Å²) in [5, 5.41) is 0. The molecule has 0 N–H and O–H groups in total. The first-order valence-corrected chi connectivity index (χ1v) is 6.86. The van der Waals surface area contributed by atoms with Gasteiger partial charge in [-0.25, -0.2) is 0 Å². The Kier molecular flexibility index (Phi) is 4.59. The Morgan fingerprint density at radius 3 is 1.86 bits per heavy atom. The van der Waals surface area contributed by atoms with E-state index in [1.54, 1.807) is 22.6 Å². The molecule has 0 atom stereocenters. The average molecular weight is 432 g/mol. The lowest BCUT2D eigenvalue weighted by atomic mass is 10.0. The average Bonchev–Trinajstić information content (AvgIpc) is 2.36. The van der Waals surface area contributed by atoms with E-state index in [0.29, 0.717) is 9.13 Å². The zero-order valence-electron chi connectivity index (χ0n) is 10.6. The predicted octanol–water partition coefficient (Wildman–Crippen LogP) is 5.88. The zero-order chi connectivity index (χ0) is 16.5. The van der Waals surface area contributed by atoms with E-state index in [0.717, 1.165) is 24.3 Å². The first kappa shape index (κ1) is 16.9. The Labute approximate surface area is 135 Å². The van der Waals surface area contributed by atoms with Crippen LogP contribution < -0.4 is 4.74 Å². The van der Waals surface area contributed by atoms with Crippen LogP contribution in [0.4, 0.5) is 26.3 Å². The number of alkyl halides is 6. The highest BCUT2D eigenvalue weighted by molar-refractivity contribution is 14.1. The van der Waals surface area contributed by atoms with Gasteiger partial charge in [0.15, 0.2) is 0 Å². The SMILES string of the molecule is FC(F)(F)Oc1ccc(-c2cc(I)cc(C(F)(F)F)c2)cc1.